The van der Waals surface area contributed by atoms with Crippen LogP contribution in [0.3, 0.4) is 0 Å². The molecule has 2 rings (SSSR count). The predicted molar refractivity (Wildman–Crippen MR) is 87.5 cm³/mol. The molecule has 21 heavy (non-hydrogen) atoms. The van der Waals surface area contributed by atoms with Gasteiger partial charge in [-0.3, -0.25) is 5.41 Å². The molecule has 0 unspecified atom stereocenters. The number of hydrogen-bond acceptors (Lipinski definition) is 3. The van der Waals surface area contributed by atoms with Crippen LogP contribution >= 0.6 is 27.5 Å². The van der Waals surface area contributed by atoms with Crippen molar-refractivity contribution in [3.63, 3.8) is 0 Å². The van der Waals surface area contributed by atoms with Gasteiger partial charge in [0, 0.05) is 4.47 Å². The Bertz CT molecular complexity index is 677. The largest absolute Gasteiger partial charge is 0.496 e. The average Bonchev–Trinajstić information content (AvgIpc) is 2.47. The molecule has 0 aliphatic heterocycles. The number of nitrogens with two attached hydrogens (primary N) is 1. The first-order valence-electron chi connectivity index (χ1n) is 6.10. The third kappa shape index (κ3) is 3.89. The van der Waals surface area contributed by atoms with Gasteiger partial charge in [0.05, 0.1) is 17.7 Å². The molecule has 0 bridgehead atoms. The molecule has 6 heteroatoms. The maximum Gasteiger partial charge on any atom is 0.139 e. The molecule has 0 spiro atoms. The minimum Gasteiger partial charge on any atom is -0.496 e. The summed E-state index contributed by atoms with van der Waals surface area (Å²) in [6, 6.07) is 10.8. The molecule has 0 atom stereocenters. The lowest BCUT2D eigenvalue weighted by atomic mass is 10.1. The summed E-state index contributed by atoms with van der Waals surface area (Å²) >= 11 is 9.44. The van der Waals surface area contributed by atoms with Gasteiger partial charge in [0.1, 0.15) is 23.9 Å². The van der Waals surface area contributed by atoms with Crippen molar-refractivity contribution in [1.82, 2.24) is 0 Å². The average molecular weight is 370 g/mol. The van der Waals surface area contributed by atoms with Crippen LogP contribution in [0.25, 0.3) is 0 Å². The number of halogens is 2. The van der Waals surface area contributed by atoms with E-state index in [1.165, 1.54) is 0 Å². The van der Waals surface area contributed by atoms with Crippen LogP contribution < -0.4 is 15.2 Å². The van der Waals surface area contributed by atoms with Gasteiger partial charge in [-0.25, -0.2) is 0 Å². The molecule has 0 saturated heterocycles. The third-order valence-electron chi connectivity index (χ3n) is 2.84. The summed E-state index contributed by atoms with van der Waals surface area (Å²) in [6.45, 7) is 0.320. The first kappa shape index (κ1) is 15.7. The van der Waals surface area contributed by atoms with E-state index in [4.69, 9.17) is 32.2 Å². The fourth-order valence-electron chi connectivity index (χ4n) is 1.80. The highest BCUT2D eigenvalue weighted by Gasteiger charge is 2.08. The zero-order valence-electron chi connectivity index (χ0n) is 11.3. The second kappa shape index (κ2) is 6.83. The smallest absolute Gasteiger partial charge is 0.139 e. The van der Waals surface area contributed by atoms with E-state index < -0.39 is 0 Å². The topological polar surface area (TPSA) is 68.3 Å². The summed E-state index contributed by atoms with van der Waals surface area (Å²) < 4.78 is 11.8. The van der Waals surface area contributed by atoms with Crippen LogP contribution in [-0.2, 0) is 6.61 Å². The first-order valence-corrected chi connectivity index (χ1v) is 7.27. The van der Waals surface area contributed by atoms with Crippen molar-refractivity contribution < 1.29 is 9.47 Å². The lowest BCUT2D eigenvalue weighted by molar-refractivity contribution is 0.306. The number of amidine groups is 1. The molecule has 4 nitrogen and oxygen atoms in total. The molecule has 0 saturated carbocycles. The number of methoxy groups -OCH3 is 1. The highest BCUT2D eigenvalue weighted by Crippen LogP contribution is 2.29. The molecule has 110 valence electrons. The number of hydrogen-bond donors (Lipinski definition) is 2. The maximum absolute atomic E-state index is 7.56. The van der Waals surface area contributed by atoms with Gasteiger partial charge in [-0.2, -0.15) is 0 Å². The number of benzene rings is 2. The van der Waals surface area contributed by atoms with Crippen LogP contribution in [0.15, 0.2) is 40.9 Å². The predicted octanol–water partition coefficient (Wildman–Crippen LogP) is 3.97. The van der Waals surface area contributed by atoms with Crippen LogP contribution in [0.4, 0.5) is 0 Å². The molecule has 2 aromatic carbocycles. The second-order valence-corrected chi connectivity index (χ2v) is 5.63. The van der Waals surface area contributed by atoms with Gasteiger partial charge in [0.25, 0.3) is 0 Å². The molecule has 3 N–H and O–H groups in total. The van der Waals surface area contributed by atoms with Crippen molar-refractivity contribution in [3.05, 3.63) is 57.0 Å². The monoisotopic (exact) mass is 368 g/mol. The van der Waals surface area contributed by atoms with Gasteiger partial charge in [0.15, 0.2) is 0 Å². The summed E-state index contributed by atoms with van der Waals surface area (Å²) in [7, 11) is 1.54. The Morgan fingerprint density at radius 2 is 2.00 bits per heavy atom. The van der Waals surface area contributed by atoms with E-state index >= 15 is 0 Å². The maximum atomic E-state index is 7.56. The van der Waals surface area contributed by atoms with Gasteiger partial charge in [-0.15, -0.1) is 0 Å². The quantitative estimate of drug-likeness (QED) is 0.619. The van der Waals surface area contributed by atoms with Gasteiger partial charge in [-0.1, -0.05) is 33.6 Å². The third-order valence-corrected chi connectivity index (χ3v) is 3.65. The summed E-state index contributed by atoms with van der Waals surface area (Å²) in [6.07, 6.45) is 0. The fraction of sp³-hybridized carbons (Fsp3) is 0.133. The Morgan fingerprint density at radius 3 is 2.67 bits per heavy atom. The number of rotatable bonds is 5. The van der Waals surface area contributed by atoms with Crippen LogP contribution in [0.2, 0.25) is 5.02 Å². The SMILES string of the molecule is COc1ccc(COc2cc(Br)ccc2Cl)cc1C(=N)N. The van der Waals surface area contributed by atoms with Crippen molar-refractivity contribution >= 4 is 33.4 Å². The van der Waals surface area contributed by atoms with Crippen LogP contribution in [0.1, 0.15) is 11.1 Å². The summed E-state index contributed by atoms with van der Waals surface area (Å²) in [5.41, 5.74) is 6.96. The van der Waals surface area contributed by atoms with Crippen LogP contribution in [0, 0.1) is 5.41 Å². The molecule has 0 aliphatic rings. The summed E-state index contributed by atoms with van der Waals surface area (Å²) in [5.74, 6) is 1.10. The van der Waals surface area contributed by atoms with E-state index in [0.717, 1.165) is 10.0 Å². The lowest BCUT2D eigenvalue weighted by Gasteiger charge is -2.11. The Hall–Kier alpha value is -1.72. The van der Waals surface area contributed by atoms with E-state index in [2.05, 4.69) is 15.9 Å². The number of nitrogens with one attached hydrogen (secondary N) is 1. The molecule has 0 aromatic heterocycles. The number of ether oxygens (including phenoxy) is 2. The Morgan fingerprint density at radius 1 is 1.24 bits per heavy atom. The zero-order chi connectivity index (χ0) is 15.4. The Balaban J connectivity index is 2.18. The molecule has 0 heterocycles. The molecule has 0 fully saturated rings. The first-order chi connectivity index (χ1) is 10.0. The highest BCUT2D eigenvalue weighted by molar-refractivity contribution is 9.10. The van der Waals surface area contributed by atoms with Gasteiger partial charge < -0.3 is 15.2 Å². The van der Waals surface area contributed by atoms with E-state index in [0.29, 0.717) is 28.7 Å². The summed E-state index contributed by atoms with van der Waals surface area (Å²) in [5, 5.41) is 8.10. The fourth-order valence-corrected chi connectivity index (χ4v) is 2.32. The zero-order valence-corrected chi connectivity index (χ0v) is 13.7. The lowest BCUT2D eigenvalue weighted by Crippen LogP contribution is -2.13. The minimum atomic E-state index is -0.0470. The molecule has 0 amide bonds. The Kier molecular flexibility index (Phi) is 5.09. The second-order valence-electron chi connectivity index (χ2n) is 4.31. The normalized spacial score (nSPS) is 10.2. The van der Waals surface area contributed by atoms with Gasteiger partial charge >= 0.3 is 0 Å². The molecular formula is C15H14BrClN2O2. The standard InChI is InChI=1S/C15H14BrClN2O2/c1-20-13-5-2-9(6-11(13)15(18)19)8-21-14-7-10(16)3-4-12(14)17/h2-7H,8H2,1H3,(H3,18,19). The summed E-state index contributed by atoms with van der Waals surface area (Å²) in [4.78, 5) is 0. The Labute approximate surface area is 136 Å². The van der Waals surface area contributed by atoms with E-state index in [9.17, 15) is 0 Å². The minimum absolute atomic E-state index is 0.0470. The van der Waals surface area contributed by atoms with E-state index in [1.54, 1.807) is 31.4 Å². The molecule has 0 aliphatic carbocycles. The van der Waals surface area contributed by atoms with Gasteiger partial charge in [0.2, 0.25) is 0 Å². The molecule has 2 aromatic rings. The van der Waals surface area contributed by atoms with Crippen molar-refractivity contribution in [1.29, 1.82) is 5.41 Å². The van der Waals surface area contributed by atoms with Gasteiger partial charge in [-0.05, 0) is 35.9 Å². The highest BCUT2D eigenvalue weighted by atomic mass is 79.9. The van der Waals surface area contributed by atoms with E-state index in [-0.39, 0.29) is 5.84 Å². The molecule has 0 radical (unpaired) electrons. The van der Waals surface area contributed by atoms with Crippen molar-refractivity contribution in [2.75, 3.05) is 7.11 Å². The van der Waals surface area contributed by atoms with Crippen molar-refractivity contribution in [3.8, 4) is 11.5 Å². The van der Waals surface area contributed by atoms with Crippen molar-refractivity contribution in [2.45, 2.75) is 6.61 Å². The van der Waals surface area contributed by atoms with Crippen LogP contribution in [-0.4, -0.2) is 12.9 Å². The van der Waals surface area contributed by atoms with Crippen molar-refractivity contribution in [2.24, 2.45) is 5.73 Å². The van der Waals surface area contributed by atoms with E-state index in [1.807, 2.05) is 12.1 Å². The number of nitrogen functional groups attached to an aromatic ring is 1. The molecular weight excluding hydrogens is 356 g/mol. The van der Waals surface area contributed by atoms with Crippen LogP contribution in [0.5, 0.6) is 11.5 Å².